The van der Waals surface area contributed by atoms with E-state index in [0.717, 1.165) is 10.9 Å². The van der Waals surface area contributed by atoms with Gasteiger partial charge < -0.3 is 0 Å². The number of carbonyl (C=O) groups is 1. The molecule has 1 aromatic heterocycles. The SMILES string of the molecule is Cc1ccc(F)cc1CC(=O)c1cccc2cccnc12. The molecule has 0 saturated carbocycles. The first-order valence-electron chi connectivity index (χ1n) is 6.77. The molecule has 0 aliphatic rings. The number of halogens is 1. The monoisotopic (exact) mass is 279 g/mol. The summed E-state index contributed by atoms with van der Waals surface area (Å²) in [5.74, 6) is -0.368. The number of para-hydroxylation sites is 1. The van der Waals surface area contributed by atoms with Crippen molar-refractivity contribution in [2.24, 2.45) is 0 Å². The van der Waals surface area contributed by atoms with Gasteiger partial charge in [0.05, 0.1) is 5.52 Å². The van der Waals surface area contributed by atoms with E-state index in [9.17, 15) is 9.18 Å². The zero-order chi connectivity index (χ0) is 14.8. The molecule has 0 amide bonds. The minimum Gasteiger partial charge on any atom is -0.294 e. The Morgan fingerprint density at radius 3 is 2.81 bits per heavy atom. The number of pyridine rings is 1. The minimum atomic E-state index is -0.320. The maximum absolute atomic E-state index is 13.3. The molecular formula is C18H14FNO. The van der Waals surface area contributed by atoms with Crippen LogP contribution in [0.5, 0.6) is 0 Å². The van der Waals surface area contributed by atoms with E-state index in [0.29, 0.717) is 16.6 Å². The summed E-state index contributed by atoms with van der Waals surface area (Å²) in [4.78, 5) is 16.8. The number of hydrogen-bond donors (Lipinski definition) is 0. The van der Waals surface area contributed by atoms with Crippen molar-refractivity contribution in [3.8, 4) is 0 Å². The third-order valence-electron chi connectivity index (χ3n) is 3.60. The normalized spacial score (nSPS) is 10.8. The summed E-state index contributed by atoms with van der Waals surface area (Å²) in [6, 6.07) is 13.8. The molecule has 0 spiro atoms. The van der Waals surface area contributed by atoms with Crippen molar-refractivity contribution in [3.63, 3.8) is 0 Å². The van der Waals surface area contributed by atoms with E-state index in [4.69, 9.17) is 0 Å². The average Bonchev–Trinajstić information content (AvgIpc) is 2.50. The summed E-state index contributed by atoms with van der Waals surface area (Å²) in [6.07, 6.45) is 1.85. The van der Waals surface area contributed by atoms with Crippen LogP contribution in [0.25, 0.3) is 10.9 Å². The molecule has 0 bridgehead atoms. The Morgan fingerprint density at radius 1 is 1.14 bits per heavy atom. The van der Waals surface area contributed by atoms with E-state index in [1.165, 1.54) is 12.1 Å². The number of carbonyl (C=O) groups excluding carboxylic acids is 1. The summed E-state index contributed by atoms with van der Waals surface area (Å²) in [6.45, 7) is 1.88. The van der Waals surface area contributed by atoms with Crippen LogP contribution in [0.4, 0.5) is 4.39 Å². The molecule has 0 saturated heterocycles. The highest BCUT2D eigenvalue weighted by molar-refractivity contribution is 6.07. The zero-order valence-electron chi connectivity index (χ0n) is 11.6. The van der Waals surface area contributed by atoms with Gasteiger partial charge in [0, 0.05) is 23.6 Å². The number of aryl methyl sites for hydroxylation is 1. The van der Waals surface area contributed by atoms with Gasteiger partial charge in [-0.05, 0) is 42.3 Å². The highest BCUT2D eigenvalue weighted by Gasteiger charge is 2.13. The lowest BCUT2D eigenvalue weighted by Crippen LogP contribution is -2.06. The fraction of sp³-hybridized carbons (Fsp3) is 0.111. The van der Waals surface area contributed by atoms with Gasteiger partial charge in [-0.2, -0.15) is 0 Å². The average molecular weight is 279 g/mol. The lowest BCUT2D eigenvalue weighted by Gasteiger charge is -2.07. The smallest absolute Gasteiger partial charge is 0.169 e. The second-order valence-corrected chi connectivity index (χ2v) is 5.05. The van der Waals surface area contributed by atoms with E-state index in [1.54, 1.807) is 18.3 Å². The van der Waals surface area contributed by atoms with E-state index >= 15 is 0 Å². The van der Waals surface area contributed by atoms with Crippen molar-refractivity contribution in [2.75, 3.05) is 0 Å². The van der Waals surface area contributed by atoms with Gasteiger partial charge in [0.25, 0.3) is 0 Å². The highest BCUT2D eigenvalue weighted by atomic mass is 19.1. The summed E-state index contributed by atoms with van der Waals surface area (Å²) in [5, 5.41) is 0.930. The predicted octanol–water partition coefficient (Wildman–Crippen LogP) is 4.11. The molecule has 2 nitrogen and oxygen atoms in total. The third-order valence-corrected chi connectivity index (χ3v) is 3.60. The largest absolute Gasteiger partial charge is 0.294 e. The van der Waals surface area contributed by atoms with Gasteiger partial charge in [0.2, 0.25) is 0 Å². The standard InChI is InChI=1S/C18H14FNO/c1-12-7-8-15(19)10-14(12)11-17(21)16-6-2-4-13-5-3-9-20-18(13)16/h2-10H,11H2,1H3. The number of benzene rings is 2. The van der Waals surface area contributed by atoms with Gasteiger partial charge in [0.15, 0.2) is 5.78 Å². The first-order chi connectivity index (χ1) is 10.1. The summed E-state index contributed by atoms with van der Waals surface area (Å²) >= 11 is 0. The quantitative estimate of drug-likeness (QED) is 0.675. The molecule has 2 aromatic carbocycles. The van der Waals surface area contributed by atoms with Gasteiger partial charge in [-0.3, -0.25) is 9.78 Å². The van der Waals surface area contributed by atoms with E-state index < -0.39 is 0 Å². The summed E-state index contributed by atoms with van der Waals surface area (Å²) in [7, 11) is 0. The highest BCUT2D eigenvalue weighted by Crippen LogP contribution is 2.19. The Morgan fingerprint density at radius 2 is 1.95 bits per heavy atom. The molecule has 3 heteroatoms. The molecule has 0 aliphatic heterocycles. The second kappa shape index (κ2) is 5.44. The van der Waals surface area contributed by atoms with Crippen molar-refractivity contribution >= 4 is 16.7 Å². The molecule has 0 atom stereocenters. The fourth-order valence-electron chi connectivity index (χ4n) is 2.43. The van der Waals surface area contributed by atoms with Crippen LogP contribution in [0, 0.1) is 12.7 Å². The van der Waals surface area contributed by atoms with Gasteiger partial charge in [0.1, 0.15) is 5.82 Å². The van der Waals surface area contributed by atoms with Crippen LogP contribution in [0.3, 0.4) is 0 Å². The molecule has 0 radical (unpaired) electrons. The number of fused-ring (bicyclic) bond motifs is 1. The number of rotatable bonds is 3. The van der Waals surface area contributed by atoms with E-state index in [2.05, 4.69) is 4.98 Å². The molecule has 0 aliphatic carbocycles. The topological polar surface area (TPSA) is 30.0 Å². The predicted molar refractivity (Wildman–Crippen MR) is 80.9 cm³/mol. The summed E-state index contributed by atoms with van der Waals surface area (Å²) < 4.78 is 13.3. The molecule has 0 fully saturated rings. The van der Waals surface area contributed by atoms with Gasteiger partial charge in [-0.25, -0.2) is 4.39 Å². The maximum atomic E-state index is 13.3. The molecule has 3 aromatic rings. The van der Waals surface area contributed by atoms with Crippen LogP contribution in [0.15, 0.2) is 54.7 Å². The minimum absolute atomic E-state index is 0.0481. The lowest BCUT2D eigenvalue weighted by atomic mass is 9.98. The molecule has 104 valence electrons. The van der Waals surface area contributed by atoms with Crippen molar-refractivity contribution in [1.29, 1.82) is 0 Å². The van der Waals surface area contributed by atoms with Gasteiger partial charge in [-0.15, -0.1) is 0 Å². The van der Waals surface area contributed by atoms with Crippen molar-refractivity contribution in [2.45, 2.75) is 13.3 Å². The van der Waals surface area contributed by atoms with Crippen molar-refractivity contribution in [3.05, 3.63) is 77.2 Å². The molecule has 0 N–H and O–H groups in total. The Hall–Kier alpha value is -2.55. The second-order valence-electron chi connectivity index (χ2n) is 5.05. The molecule has 21 heavy (non-hydrogen) atoms. The zero-order valence-corrected chi connectivity index (χ0v) is 11.6. The maximum Gasteiger partial charge on any atom is 0.169 e. The third kappa shape index (κ3) is 2.68. The van der Waals surface area contributed by atoms with Gasteiger partial charge >= 0.3 is 0 Å². The van der Waals surface area contributed by atoms with Crippen LogP contribution in [0.2, 0.25) is 0 Å². The van der Waals surface area contributed by atoms with Crippen molar-refractivity contribution < 1.29 is 9.18 Å². The van der Waals surface area contributed by atoms with E-state index in [-0.39, 0.29) is 18.0 Å². The number of Topliss-reactive ketones (excluding diaryl/α,β-unsaturated/α-hetero) is 1. The number of nitrogens with zero attached hydrogens (tertiary/aromatic N) is 1. The van der Waals surface area contributed by atoms with Crippen molar-refractivity contribution in [1.82, 2.24) is 4.98 Å². The first-order valence-corrected chi connectivity index (χ1v) is 6.77. The Bertz CT molecular complexity index is 821. The molecule has 3 rings (SSSR count). The van der Waals surface area contributed by atoms with Crippen LogP contribution < -0.4 is 0 Å². The van der Waals surface area contributed by atoms with Gasteiger partial charge in [-0.1, -0.05) is 24.3 Å². The lowest BCUT2D eigenvalue weighted by molar-refractivity contribution is 0.0994. The van der Waals surface area contributed by atoms with Crippen LogP contribution in [-0.4, -0.2) is 10.8 Å². The number of ketones is 1. The number of aromatic nitrogens is 1. The summed E-state index contributed by atoms with van der Waals surface area (Å²) in [5.41, 5.74) is 2.90. The number of hydrogen-bond acceptors (Lipinski definition) is 2. The molecule has 1 heterocycles. The Labute approximate surface area is 122 Å². The van der Waals surface area contributed by atoms with Crippen LogP contribution in [-0.2, 0) is 6.42 Å². The van der Waals surface area contributed by atoms with Crippen LogP contribution >= 0.6 is 0 Å². The Balaban J connectivity index is 1.99. The molecule has 0 unspecified atom stereocenters. The van der Waals surface area contributed by atoms with Crippen LogP contribution in [0.1, 0.15) is 21.5 Å². The van der Waals surface area contributed by atoms with E-state index in [1.807, 2.05) is 31.2 Å². The Kier molecular flexibility index (Phi) is 3.48. The molecular weight excluding hydrogens is 265 g/mol. The first kappa shape index (κ1) is 13.4. The fourth-order valence-corrected chi connectivity index (χ4v) is 2.43.